The highest BCUT2D eigenvalue weighted by Crippen LogP contribution is 2.29. The van der Waals surface area contributed by atoms with Gasteiger partial charge in [-0.1, -0.05) is 27.2 Å². The summed E-state index contributed by atoms with van der Waals surface area (Å²) in [5.74, 6) is 2.16. The van der Waals surface area contributed by atoms with Crippen LogP contribution in [0.25, 0.3) is 0 Å². The third kappa shape index (κ3) is 3.88. The molecule has 2 aliphatic heterocycles. The minimum Gasteiger partial charge on any atom is -0.311 e. The van der Waals surface area contributed by atoms with E-state index in [1.54, 1.807) is 0 Å². The van der Waals surface area contributed by atoms with Gasteiger partial charge >= 0.3 is 0 Å². The van der Waals surface area contributed by atoms with Crippen LogP contribution in [-0.4, -0.2) is 47.6 Å². The van der Waals surface area contributed by atoms with Gasteiger partial charge in [0.05, 0.1) is 0 Å². The van der Waals surface area contributed by atoms with Gasteiger partial charge in [0.15, 0.2) is 0 Å². The molecule has 2 saturated heterocycles. The van der Waals surface area contributed by atoms with Gasteiger partial charge in [-0.2, -0.15) is 11.8 Å². The molecule has 0 saturated carbocycles. The summed E-state index contributed by atoms with van der Waals surface area (Å²) in [7, 11) is 0. The van der Waals surface area contributed by atoms with Crippen molar-refractivity contribution in [2.24, 2.45) is 5.92 Å². The predicted octanol–water partition coefficient (Wildman–Crippen LogP) is 2.98. The Kier molecular flexibility index (Phi) is 5.84. The molecule has 106 valence electrons. The van der Waals surface area contributed by atoms with Crippen LogP contribution in [0.15, 0.2) is 0 Å². The van der Waals surface area contributed by atoms with Crippen LogP contribution >= 0.6 is 11.8 Å². The van der Waals surface area contributed by atoms with Crippen LogP contribution in [0.2, 0.25) is 0 Å². The first-order valence-corrected chi connectivity index (χ1v) is 8.84. The first kappa shape index (κ1) is 14.7. The highest BCUT2D eigenvalue weighted by Gasteiger charge is 2.31. The predicted molar refractivity (Wildman–Crippen MR) is 82.4 cm³/mol. The highest BCUT2D eigenvalue weighted by atomic mass is 32.2. The quantitative estimate of drug-likeness (QED) is 0.827. The lowest BCUT2D eigenvalue weighted by molar-refractivity contribution is 0.0959. The van der Waals surface area contributed by atoms with Crippen LogP contribution in [0.5, 0.6) is 0 Å². The van der Waals surface area contributed by atoms with Gasteiger partial charge in [0.1, 0.15) is 0 Å². The maximum atomic E-state index is 3.76. The molecule has 3 unspecified atom stereocenters. The molecular formula is C15H30N2S. The molecule has 0 bridgehead atoms. The Morgan fingerprint density at radius 1 is 1.39 bits per heavy atom. The van der Waals surface area contributed by atoms with Gasteiger partial charge in [-0.05, 0) is 30.9 Å². The van der Waals surface area contributed by atoms with E-state index in [0.717, 1.165) is 23.3 Å². The van der Waals surface area contributed by atoms with Crippen molar-refractivity contribution in [3.63, 3.8) is 0 Å². The number of hydrogen-bond acceptors (Lipinski definition) is 3. The molecule has 0 aromatic heterocycles. The lowest BCUT2D eigenvalue weighted by Crippen LogP contribution is -2.59. The van der Waals surface area contributed by atoms with Crippen LogP contribution in [0.1, 0.15) is 46.5 Å². The third-order valence-corrected chi connectivity index (χ3v) is 5.79. The molecule has 2 nitrogen and oxygen atoms in total. The Labute approximate surface area is 117 Å². The SMILES string of the molecule is CCCC1CN(CC2CCCS2)C(C(C)C)CN1. The van der Waals surface area contributed by atoms with Gasteiger partial charge in [0.25, 0.3) is 0 Å². The largest absolute Gasteiger partial charge is 0.311 e. The summed E-state index contributed by atoms with van der Waals surface area (Å²) in [5.41, 5.74) is 0. The van der Waals surface area contributed by atoms with E-state index < -0.39 is 0 Å². The summed E-state index contributed by atoms with van der Waals surface area (Å²) in [6.07, 6.45) is 5.51. The first-order valence-electron chi connectivity index (χ1n) is 7.79. The van der Waals surface area contributed by atoms with Gasteiger partial charge in [-0.3, -0.25) is 4.90 Å². The summed E-state index contributed by atoms with van der Waals surface area (Å²) in [5, 5.41) is 4.67. The Morgan fingerprint density at radius 2 is 2.22 bits per heavy atom. The second-order valence-electron chi connectivity index (χ2n) is 6.29. The molecule has 0 aromatic carbocycles. The van der Waals surface area contributed by atoms with Crippen LogP contribution in [-0.2, 0) is 0 Å². The minimum absolute atomic E-state index is 0.733. The summed E-state index contributed by atoms with van der Waals surface area (Å²) in [6.45, 7) is 10.8. The molecule has 0 spiro atoms. The smallest absolute Gasteiger partial charge is 0.0244 e. The van der Waals surface area contributed by atoms with Gasteiger partial charge in [0.2, 0.25) is 0 Å². The fourth-order valence-corrected chi connectivity index (χ4v) is 4.66. The number of nitrogens with one attached hydrogen (secondary N) is 1. The molecule has 0 aliphatic carbocycles. The Hall–Kier alpha value is 0.270. The average Bonchev–Trinajstić information content (AvgIpc) is 2.82. The highest BCUT2D eigenvalue weighted by molar-refractivity contribution is 8.00. The molecule has 3 atom stereocenters. The zero-order valence-corrected chi connectivity index (χ0v) is 13.1. The molecule has 2 aliphatic rings. The Bertz CT molecular complexity index is 239. The number of nitrogens with zero attached hydrogens (tertiary/aromatic N) is 1. The number of piperazine rings is 1. The van der Waals surface area contributed by atoms with Crippen molar-refractivity contribution < 1.29 is 0 Å². The summed E-state index contributed by atoms with van der Waals surface area (Å²) >= 11 is 2.20. The van der Waals surface area contributed by atoms with Crippen molar-refractivity contribution in [3.05, 3.63) is 0 Å². The van der Waals surface area contributed by atoms with E-state index >= 15 is 0 Å². The lowest BCUT2D eigenvalue weighted by atomic mass is 9.96. The lowest BCUT2D eigenvalue weighted by Gasteiger charge is -2.43. The summed E-state index contributed by atoms with van der Waals surface area (Å²) in [6, 6.07) is 1.48. The Balaban J connectivity index is 1.90. The topological polar surface area (TPSA) is 15.3 Å². The summed E-state index contributed by atoms with van der Waals surface area (Å²) < 4.78 is 0. The van der Waals surface area contributed by atoms with E-state index in [1.807, 2.05) is 0 Å². The van der Waals surface area contributed by atoms with Crippen molar-refractivity contribution in [2.45, 2.75) is 63.8 Å². The maximum Gasteiger partial charge on any atom is 0.0244 e. The molecule has 1 N–H and O–H groups in total. The molecule has 0 aromatic rings. The van der Waals surface area contributed by atoms with Crippen molar-refractivity contribution >= 4 is 11.8 Å². The molecule has 0 amide bonds. The normalized spacial score (nSPS) is 34.3. The zero-order valence-electron chi connectivity index (χ0n) is 12.3. The van der Waals surface area contributed by atoms with Crippen LogP contribution in [0, 0.1) is 5.92 Å². The molecule has 3 heteroatoms. The fourth-order valence-electron chi connectivity index (χ4n) is 3.36. The first-order chi connectivity index (χ1) is 8.70. The molecule has 18 heavy (non-hydrogen) atoms. The van der Waals surface area contributed by atoms with Crippen LogP contribution in [0.3, 0.4) is 0 Å². The van der Waals surface area contributed by atoms with E-state index in [0.29, 0.717) is 0 Å². The second-order valence-corrected chi connectivity index (χ2v) is 7.70. The van der Waals surface area contributed by atoms with Gasteiger partial charge < -0.3 is 5.32 Å². The average molecular weight is 270 g/mol. The zero-order chi connectivity index (χ0) is 13.0. The van der Waals surface area contributed by atoms with Crippen molar-refractivity contribution in [1.29, 1.82) is 0 Å². The van der Waals surface area contributed by atoms with E-state index in [4.69, 9.17) is 0 Å². The van der Waals surface area contributed by atoms with Gasteiger partial charge in [-0.25, -0.2) is 0 Å². The standard InChI is InChI=1S/C15H30N2S/c1-4-6-13-10-17(11-14-7-5-8-18-14)15(9-16-13)12(2)3/h12-16H,4-11H2,1-3H3. The van der Waals surface area contributed by atoms with Crippen LogP contribution in [0.4, 0.5) is 0 Å². The van der Waals surface area contributed by atoms with E-state index in [9.17, 15) is 0 Å². The van der Waals surface area contributed by atoms with Crippen molar-refractivity contribution in [1.82, 2.24) is 10.2 Å². The van der Waals surface area contributed by atoms with Gasteiger partial charge in [0, 0.05) is 37.0 Å². The number of rotatable bonds is 5. The van der Waals surface area contributed by atoms with Crippen molar-refractivity contribution in [3.8, 4) is 0 Å². The molecule has 2 rings (SSSR count). The van der Waals surface area contributed by atoms with E-state index in [-0.39, 0.29) is 0 Å². The fraction of sp³-hybridized carbons (Fsp3) is 1.00. The molecule has 2 heterocycles. The van der Waals surface area contributed by atoms with Crippen molar-refractivity contribution in [2.75, 3.05) is 25.4 Å². The molecular weight excluding hydrogens is 240 g/mol. The Morgan fingerprint density at radius 3 is 2.83 bits per heavy atom. The van der Waals surface area contributed by atoms with E-state index in [1.165, 1.54) is 51.1 Å². The maximum absolute atomic E-state index is 3.76. The molecule has 2 fully saturated rings. The van der Waals surface area contributed by atoms with Gasteiger partial charge in [-0.15, -0.1) is 0 Å². The minimum atomic E-state index is 0.733. The number of thioether (sulfide) groups is 1. The number of hydrogen-bond donors (Lipinski definition) is 1. The monoisotopic (exact) mass is 270 g/mol. The second kappa shape index (κ2) is 7.16. The third-order valence-electron chi connectivity index (χ3n) is 4.41. The molecule has 0 radical (unpaired) electrons. The van der Waals surface area contributed by atoms with E-state index in [2.05, 4.69) is 42.7 Å². The summed E-state index contributed by atoms with van der Waals surface area (Å²) in [4.78, 5) is 2.80. The van der Waals surface area contributed by atoms with Crippen LogP contribution < -0.4 is 5.32 Å².